The molecule has 1 aromatic heterocycles. The number of nitrogens with one attached hydrogen (secondary N) is 2. The van der Waals surface area contributed by atoms with Crippen LogP contribution in [0.1, 0.15) is 11.3 Å². The van der Waals surface area contributed by atoms with Crippen LogP contribution in [0.5, 0.6) is 0 Å². The van der Waals surface area contributed by atoms with Gasteiger partial charge < -0.3 is 10.2 Å². The summed E-state index contributed by atoms with van der Waals surface area (Å²) in [6, 6.07) is 6.23. The quantitative estimate of drug-likeness (QED) is 0.912. The van der Waals surface area contributed by atoms with E-state index in [1.54, 1.807) is 0 Å². The van der Waals surface area contributed by atoms with Gasteiger partial charge >= 0.3 is 0 Å². The lowest BCUT2D eigenvalue weighted by atomic mass is 10.2. The average molecular weight is 309 g/mol. The highest BCUT2D eigenvalue weighted by molar-refractivity contribution is 9.10. The minimum Gasteiger partial charge on any atom is -0.379 e. The maximum Gasteiger partial charge on any atom is 0.0597 e. The molecule has 2 aromatic rings. The van der Waals surface area contributed by atoms with Crippen molar-refractivity contribution in [2.75, 3.05) is 24.3 Å². The van der Waals surface area contributed by atoms with Crippen LogP contribution in [0.2, 0.25) is 0 Å². The number of aromatic amines is 1. The maximum absolute atomic E-state index is 4.02. The molecule has 0 bridgehead atoms. The molecule has 1 aromatic carbocycles. The van der Waals surface area contributed by atoms with Gasteiger partial charge in [-0.1, -0.05) is 15.9 Å². The molecule has 0 amide bonds. The van der Waals surface area contributed by atoms with Crippen LogP contribution in [0.15, 0.2) is 28.9 Å². The molecule has 0 unspecified atom stereocenters. The second-order valence-electron chi connectivity index (χ2n) is 4.43. The Balaban J connectivity index is 2.18. The van der Waals surface area contributed by atoms with E-state index in [1.807, 2.05) is 33.3 Å². The summed E-state index contributed by atoms with van der Waals surface area (Å²) in [6.45, 7) is 2.79. The summed E-state index contributed by atoms with van der Waals surface area (Å²) in [5.74, 6) is 0. The number of rotatable bonds is 4. The zero-order valence-electron chi connectivity index (χ0n) is 10.8. The van der Waals surface area contributed by atoms with Gasteiger partial charge in [0.15, 0.2) is 0 Å². The van der Waals surface area contributed by atoms with Crippen LogP contribution in [-0.2, 0) is 6.54 Å². The van der Waals surface area contributed by atoms with E-state index in [4.69, 9.17) is 0 Å². The van der Waals surface area contributed by atoms with Crippen molar-refractivity contribution in [3.05, 3.63) is 40.1 Å². The summed E-state index contributed by atoms with van der Waals surface area (Å²) >= 11 is 3.50. The van der Waals surface area contributed by atoms with Crippen molar-refractivity contribution in [3.8, 4) is 0 Å². The minimum absolute atomic E-state index is 0.764. The average Bonchev–Trinajstić information content (AvgIpc) is 2.72. The van der Waals surface area contributed by atoms with Crippen LogP contribution < -0.4 is 10.2 Å². The standard InChI is InChI=1S/C13H17BrN4/c1-9-10(8-16-17-9)7-15-12-6-11(14)4-5-13(12)18(2)3/h4-6,8,15H,7H2,1-3H3,(H,16,17). The van der Waals surface area contributed by atoms with Crippen LogP contribution in [0.3, 0.4) is 0 Å². The molecule has 0 aliphatic carbocycles. The topological polar surface area (TPSA) is 44.0 Å². The van der Waals surface area contributed by atoms with Gasteiger partial charge in [-0.2, -0.15) is 5.10 Å². The third kappa shape index (κ3) is 2.85. The third-order valence-corrected chi connectivity index (χ3v) is 3.34. The van der Waals surface area contributed by atoms with Crippen molar-refractivity contribution in [1.82, 2.24) is 10.2 Å². The van der Waals surface area contributed by atoms with Gasteiger partial charge in [0.05, 0.1) is 17.6 Å². The van der Waals surface area contributed by atoms with Crippen LogP contribution >= 0.6 is 15.9 Å². The summed E-state index contributed by atoms with van der Waals surface area (Å²) < 4.78 is 1.07. The fourth-order valence-electron chi connectivity index (χ4n) is 1.78. The number of benzene rings is 1. The molecule has 2 N–H and O–H groups in total. The smallest absolute Gasteiger partial charge is 0.0597 e. The van der Waals surface area contributed by atoms with E-state index in [0.717, 1.165) is 22.4 Å². The first-order chi connectivity index (χ1) is 8.58. The van der Waals surface area contributed by atoms with Crippen molar-refractivity contribution in [1.29, 1.82) is 0 Å². The van der Waals surface area contributed by atoms with Gasteiger partial charge in [0.25, 0.3) is 0 Å². The number of hydrogen-bond acceptors (Lipinski definition) is 3. The largest absolute Gasteiger partial charge is 0.379 e. The summed E-state index contributed by atoms with van der Waals surface area (Å²) in [6.07, 6.45) is 1.86. The first kappa shape index (κ1) is 13.0. The Hall–Kier alpha value is -1.49. The molecule has 18 heavy (non-hydrogen) atoms. The number of anilines is 2. The van der Waals surface area contributed by atoms with E-state index in [-0.39, 0.29) is 0 Å². The van der Waals surface area contributed by atoms with Gasteiger partial charge in [-0.25, -0.2) is 0 Å². The van der Waals surface area contributed by atoms with Crippen molar-refractivity contribution in [3.63, 3.8) is 0 Å². The molecule has 96 valence electrons. The molecule has 0 radical (unpaired) electrons. The molecule has 0 spiro atoms. The molecule has 0 atom stereocenters. The van der Waals surface area contributed by atoms with Crippen molar-refractivity contribution in [2.45, 2.75) is 13.5 Å². The second-order valence-corrected chi connectivity index (χ2v) is 5.35. The molecular formula is C13H17BrN4. The molecule has 5 heteroatoms. The fraction of sp³-hybridized carbons (Fsp3) is 0.308. The molecule has 1 heterocycles. The number of halogens is 1. The number of aromatic nitrogens is 2. The van der Waals surface area contributed by atoms with Gasteiger partial charge in [-0.3, -0.25) is 5.10 Å². The van der Waals surface area contributed by atoms with Crippen molar-refractivity contribution in [2.24, 2.45) is 0 Å². The summed E-state index contributed by atoms with van der Waals surface area (Å²) in [7, 11) is 4.08. The first-order valence-corrected chi connectivity index (χ1v) is 6.57. The normalized spacial score (nSPS) is 10.4. The molecule has 4 nitrogen and oxygen atoms in total. The van der Waals surface area contributed by atoms with Crippen LogP contribution in [0, 0.1) is 6.92 Å². The predicted molar refractivity (Wildman–Crippen MR) is 79.1 cm³/mol. The summed E-state index contributed by atoms with van der Waals surface area (Å²) in [4.78, 5) is 2.09. The molecule has 0 fully saturated rings. The van der Waals surface area contributed by atoms with Gasteiger partial charge in [0.2, 0.25) is 0 Å². The van der Waals surface area contributed by atoms with Crippen molar-refractivity contribution >= 4 is 27.3 Å². The molecule has 0 saturated heterocycles. The monoisotopic (exact) mass is 308 g/mol. The number of H-pyrrole nitrogens is 1. The third-order valence-electron chi connectivity index (χ3n) is 2.84. The Labute approximate surface area is 116 Å². The van der Waals surface area contributed by atoms with Crippen LogP contribution in [-0.4, -0.2) is 24.3 Å². The minimum atomic E-state index is 0.764. The highest BCUT2D eigenvalue weighted by Crippen LogP contribution is 2.28. The van der Waals surface area contributed by atoms with Crippen molar-refractivity contribution < 1.29 is 0 Å². The van der Waals surface area contributed by atoms with Gasteiger partial charge in [0, 0.05) is 36.4 Å². The van der Waals surface area contributed by atoms with E-state index in [0.29, 0.717) is 0 Å². The van der Waals surface area contributed by atoms with Gasteiger partial charge in [-0.15, -0.1) is 0 Å². The molecule has 0 aliphatic rings. The number of aryl methyl sites for hydroxylation is 1. The van der Waals surface area contributed by atoms with Gasteiger partial charge in [0.1, 0.15) is 0 Å². The van der Waals surface area contributed by atoms with Crippen LogP contribution in [0.25, 0.3) is 0 Å². The lowest BCUT2D eigenvalue weighted by Crippen LogP contribution is -2.12. The van der Waals surface area contributed by atoms with E-state index in [2.05, 4.69) is 48.5 Å². The van der Waals surface area contributed by atoms with E-state index in [9.17, 15) is 0 Å². The van der Waals surface area contributed by atoms with Gasteiger partial charge in [-0.05, 0) is 25.1 Å². The second kappa shape index (κ2) is 5.44. The number of nitrogens with zero attached hydrogens (tertiary/aromatic N) is 2. The zero-order chi connectivity index (χ0) is 13.1. The highest BCUT2D eigenvalue weighted by Gasteiger charge is 2.06. The number of hydrogen-bond donors (Lipinski definition) is 2. The SMILES string of the molecule is Cc1[nH]ncc1CNc1cc(Br)ccc1N(C)C. The Morgan fingerprint density at radius 1 is 1.39 bits per heavy atom. The summed E-state index contributed by atoms with van der Waals surface area (Å²) in [5.41, 5.74) is 4.55. The predicted octanol–water partition coefficient (Wildman–Crippen LogP) is 3.16. The van der Waals surface area contributed by atoms with E-state index in [1.165, 1.54) is 11.3 Å². The first-order valence-electron chi connectivity index (χ1n) is 5.77. The van der Waals surface area contributed by atoms with Crippen LogP contribution in [0.4, 0.5) is 11.4 Å². The Kier molecular flexibility index (Phi) is 3.91. The lowest BCUT2D eigenvalue weighted by Gasteiger charge is -2.18. The Morgan fingerprint density at radius 3 is 2.78 bits per heavy atom. The molecule has 0 saturated carbocycles. The maximum atomic E-state index is 4.02. The zero-order valence-corrected chi connectivity index (χ0v) is 12.4. The van der Waals surface area contributed by atoms with E-state index < -0.39 is 0 Å². The molecular weight excluding hydrogens is 292 g/mol. The fourth-order valence-corrected chi connectivity index (χ4v) is 2.15. The molecule has 2 rings (SSSR count). The Morgan fingerprint density at radius 2 is 2.17 bits per heavy atom. The molecule has 0 aliphatic heterocycles. The summed E-state index contributed by atoms with van der Waals surface area (Å²) in [5, 5.41) is 10.4. The Bertz CT molecular complexity index is 534. The lowest BCUT2D eigenvalue weighted by molar-refractivity contribution is 1.04. The van der Waals surface area contributed by atoms with E-state index >= 15 is 0 Å². The highest BCUT2D eigenvalue weighted by atomic mass is 79.9.